The summed E-state index contributed by atoms with van der Waals surface area (Å²) in [5.41, 5.74) is 1.09. The van der Waals surface area contributed by atoms with Gasteiger partial charge in [-0.15, -0.1) is 0 Å². The van der Waals surface area contributed by atoms with Gasteiger partial charge in [0.25, 0.3) is 11.5 Å². The van der Waals surface area contributed by atoms with Gasteiger partial charge < -0.3 is 15.2 Å². The van der Waals surface area contributed by atoms with E-state index in [4.69, 9.17) is 0 Å². The highest BCUT2D eigenvalue weighted by atomic mass is 16.2. The fourth-order valence-electron chi connectivity index (χ4n) is 3.31. The van der Waals surface area contributed by atoms with Crippen LogP contribution in [-0.4, -0.2) is 46.5 Å². The molecule has 25 heavy (non-hydrogen) atoms. The summed E-state index contributed by atoms with van der Waals surface area (Å²) in [4.78, 5) is 32.9. The Labute approximate surface area is 149 Å². The number of allylic oxidation sites excluding steroid dienone is 1. The second kappa shape index (κ2) is 8.94. The second-order valence-corrected chi connectivity index (χ2v) is 7.23. The smallest absolute Gasteiger partial charge is 0.263 e. The number of hydrogen-bond acceptors (Lipinski definition) is 4. The SMILES string of the molecule is CCC(C)=CCCN1C[C@H](NC(=O)c2cnc[nH]c2=O)[C@@H](C(C)C)C1. The van der Waals surface area contributed by atoms with Crippen LogP contribution in [0.25, 0.3) is 0 Å². The Hall–Kier alpha value is -1.95. The molecule has 0 spiro atoms. The van der Waals surface area contributed by atoms with Gasteiger partial charge in [0.15, 0.2) is 0 Å². The third-order valence-electron chi connectivity index (χ3n) is 5.07. The summed E-state index contributed by atoms with van der Waals surface area (Å²) in [6.45, 7) is 11.5. The average Bonchev–Trinajstić information content (AvgIpc) is 2.98. The summed E-state index contributed by atoms with van der Waals surface area (Å²) in [7, 11) is 0. The van der Waals surface area contributed by atoms with Crippen molar-refractivity contribution in [1.82, 2.24) is 20.2 Å². The lowest BCUT2D eigenvalue weighted by atomic mass is 9.91. The number of hydrogen-bond donors (Lipinski definition) is 2. The van der Waals surface area contributed by atoms with Crippen LogP contribution in [0, 0.1) is 11.8 Å². The van der Waals surface area contributed by atoms with Crippen LogP contribution in [0.5, 0.6) is 0 Å². The van der Waals surface area contributed by atoms with Crippen LogP contribution in [0.1, 0.15) is 50.9 Å². The van der Waals surface area contributed by atoms with Crippen LogP contribution in [0.2, 0.25) is 0 Å². The monoisotopic (exact) mass is 346 g/mol. The summed E-state index contributed by atoms with van der Waals surface area (Å²) in [5.74, 6) is 0.514. The molecular weight excluding hydrogens is 316 g/mol. The number of amides is 1. The Morgan fingerprint density at radius 2 is 2.24 bits per heavy atom. The zero-order valence-corrected chi connectivity index (χ0v) is 15.7. The van der Waals surface area contributed by atoms with Gasteiger partial charge in [0.2, 0.25) is 0 Å². The van der Waals surface area contributed by atoms with Crippen LogP contribution < -0.4 is 10.9 Å². The fraction of sp³-hybridized carbons (Fsp3) is 0.632. The first-order chi connectivity index (χ1) is 11.9. The third kappa shape index (κ3) is 5.26. The Bertz CT molecular complexity index is 665. The molecular formula is C19H30N4O2. The van der Waals surface area contributed by atoms with Crippen molar-refractivity contribution in [1.29, 1.82) is 0 Å². The number of nitrogens with one attached hydrogen (secondary N) is 2. The lowest BCUT2D eigenvalue weighted by Gasteiger charge is -2.22. The molecule has 0 aromatic carbocycles. The van der Waals surface area contributed by atoms with Crippen LogP contribution in [0.3, 0.4) is 0 Å². The van der Waals surface area contributed by atoms with E-state index >= 15 is 0 Å². The minimum Gasteiger partial charge on any atom is -0.347 e. The van der Waals surface area contributed by atoms with Gasteiger partial charge in [0.05, 0.1) is 6.33 Å². The van der Waals surface area contributed by atoms with Crippen molar-refractivity contribution in [2.24, 2.45) is 11.8 Å². The van der Waals surface area contributed by atoms with Crippen molar-refractivity contribution in [3.05, 3.63) is 40.1 Å². The first-order valence-corrected chi connectivity index (χ1v) is 9.13. The van der Waals surface area contributed by atoms with E-state index in [1.165, 1.54) is 18.1 Å². The van der Waals surface area contributed by atoms with E-state index < -0.39 is 5.56 Å². The standard InChI is InChI=1S/C19H30N4O2/c1-5-14(4)7-6-8-23-10-16(13(2)3)17(11-23)22-19(25)15-9-20-12-21-18(15)24/h7,9,12-13,16-17H,5-6,8,10-11H2,1-4H3,(H,22,25)(H,20,21,24)/t16-,17+/m1/s1. The summed E-state index contributed by atoms with van der Waals surface area (Å²) in [6.07, 6.45) is 7.04. The molecule has 1 fully saturated rings. The number of nitrogens with zero attached hydrogens (tertiary/aromatic N) is 2. The molecule has 0 unspecified atom stereocenters. The van der Waals surface area contributed by atoms with Gasteiger partial charge in [-0.1, -0.05) is 32.4 Å². The van der Waals surface area contributed by atoms with Gasteiger partial charge in [0.1, 0.15) is 5.56 Å². The highest BCUT2D eigenvalue weighted by Gasteiger charge is 2.35. The van der Waals surface area contributed by atoms with Crippen LogP contribution in [-0.2, 0) is 0 Å². The first-order valence-electron chi connectivity index (χ1n) is 9.13. The van der Waals surface area contributed by atoms with Gasteiger partial charge in [-0.25, -0.2) is 4.98 Å². The molecule has 2 heterocycles. The maximum atomic E-state index is 12.4. The largest absolute Gasteiger partial charge is 0.347 e. The van der Waals surface area contributed by atoms with Crippen LogP contribution >= 0.6 is 0 Å². The Morgan fingerprint density at radius 3 is 2.88 bits per heavy atom. The molecule has 1 aromatic heterocycles. The molecule has 1 aliphatic rings. The van der Waals surface area contributed by atoms with E-state index in [9.17, 15) is 9.59 Å². The number of rotatable bonds is 7. The third-order valence-corrected chi connectivity index (χ3v) is 5.07. The number of H-pyrrole nitrogens is 1. The number of aromatic amines is 1. The summed E-state index contributed by atoms with van der Waals surface area (Å²) < 4.78 is 0. The van der Waals surface area contributed by atoms with Crippen molar-refractivity contribution < 1.29 is 4.79 Å². The molecule has 6 heteroatoms. The van der Waals surface area contributed by atoms with E-state index in [0.717, 1.165) is 32.5 Å². The number of likely N-dealkylation sites (tertiary alicyclic amines) is 1. The maximum absolute atomic E-state index is 12.4. The van der Waals surface area contributed by atoms with Gasteiger partial charge in [-0.05, 0) is 31.6 Å². The molecule has 0 saturated carbocycles. The molecule has 1 aliphatic heterocycles. The normalized spacial score (nSPS) is 21.7. The molecule has 1 amide bonds. The average molecular weight is 346 g/mol. The van der Waals surface area contributed by atoms with Crippen LogP contribution in [0.15, 0.2) is 29.0 Å². The topological polar surface area (TPSA) is 78.1 Å². The van der Waals surface area contributed by atoms with Crippen molar-refractivity contribution in [3.8, 4) is 0 Å². The maximum Gasteiger partial charge on any atom is 0.263 e. The molecule has 2 rings (SSSR count). The molecule has 1 aromatic rings. The summed E-state index contributed by atoms with van der Waals surface area (Å²) >= 11 is 0. The second-order valence-electron chi connectivity index (χ2n) is 7.23. The molecule has 2 atom stereocenters. The Morgan fingerprint density at radius 1 is 1.48 bits per heavy atom. The molecule has 0 radical (unpaired) electrons. The van der Waals surface area contributed by atoms with Gasteiger partial charge >= 0.3 is 0 Å². The minimum atomic E-state index is -0.399. The molecule has 0 bridgehead atoms. The summed E-state index contributed by atoms with van der Waals surface area (Å²) in [6, 6.07) is 0.0587. The highest BCUT2D eigenvalue weighted by molar-refractivity contribution is 5.93. The highest BCUT2D eigenvalue weighted by Crippen LogP contribution is 2.25. The quantitative estimate of drug-likeness (QED) is 0.742. The zero-order valence-electron chi connectivity index (χ0n) is 15.7. The minimum absolute atomic E-state index is 0.0587. The van der Waals surface area contributed by atoms with Crippen molar-refractivity contribution in [2.45, 2.75) is 46.6 Å². The predicted octanol–water partition coefficient (Wildman–Crippen LogP) is 2.20. The van der Waals surface area contributed by atoms with Crippen molar-refractivity contribution in [3.63, 3.8) is 0 Å². The molecule has 6 nitrogen and oxygen atoms in total. The van der Waals surface area contributed by atoms with Gasteiger partial charge in [-0.2, -0.15) is 0 Å². The van der Waals surface area contributed by atoms with Gasteiger partial charge in [0, 0.05) is 31.9 Å². The number of carbonyl (C=O) groups excluding carboxylic acids is 1. The van der Waals surface area contributed by atoms with E-state index in [1.807, 2.05) is 0 Å². The Kier molecular flexibility index (Phi) is 6.93. The lowest BCUT2D eigenvalue weighted by Crippen LogP contribution is -2.43. The fourth-order valence-corrected chi connectivity index (χ4v) is 3.31. The van der Waals surface area contributed by atoms with Crippen molar-refractivity contribution in [2.75, 3.05) is 19.6 Å². The summed E-state index contributed by atoms with van der Waals surface area (Å²) in [5, 5.41) is 3.05. The number of carbonyl (C=O) groups is 1. The van der Waals surface area contributed by atoms with E-state index in [-0.39, 0.29) is 17.5 Å². The van der Waals surface area contributed by atoms with E-state index in [0.29, 0.717) is 11.8 Å². The number of aromatic nitrogens is 2. The molecule has 2 N–H and O–H groups in total. The first kappa shape index (κ1) is 19.4. The lowest BCUT2D eigenvalue weighted by molar-refractivity contribution is 0.0923. The predicted molar refractivity (Wildman–Crippen MR) is 99.5 cm³/mol. The molecule has 138 valence electrons. The molecule has 1 saturated heterocycles. The van der Waals surface area contributed by atoms with E-state index in [1.54, 1.807) is 0 Å². The Balaban J connectivity index is 1.99. The van der Waals surface area contributed by atoms with Gasteiger partial charge in [-0.3, -0.25) is 9.59 Å². The van der Waals surface area contributed by atoms with Crippen LogP contribution in [0.4, 0.5) is 0 Å². The zero-order chi connectivity index (χ0) is 18.4. The van der Waals surface area contributed by atoms with Crippen molar-refractivity contribution >= 4 is 5.91 Å². The van der Waals surface area contributed by atoms with E-state index in [2.05, 4.69) is 54.0 Å². The molecule has 0 aliphatic carbocycles.